The van der Waals surface area contributed by atoms with Gasteiger partial charge in [-0.2, -0.15) is 0 Å². The molecule has 5 nitrogen and oxygen atoms in total. The van der Waals surface area contributed by atoms with Crippen molar-refractivity contribution in [1.82, 2.24) is 0 Å². The zero-order chi connectivity index (χ0) is 28.1. The van der Waals surface area contributed by atoms with Crippen molar-refractivity contribution in [2.24, 2.45) is 0 Å². The number of carboxylic acid groups (broad SMARTS) is 1. The second-order valence-corrected chi connectivity index (χ2v) is 10.8. The number of rotatable bonds is 10. The molecule has 0 radical (unpaired) electrons. The summed E-state index contributed by atoms with van der Waals surface area (Å²) in [7, 11) is 0. The fourth-order valence-electron chi connectivity index (χ4n) is 4.43. The van der Waals surface area contributed by atoms with E-state index in [9.17, 15) is 4.79 Å². The number of furan rings is 2. The average molecular weight is 551 g/mol. The topological polar surface area (TPSA) is 72.8 Å². The van der Waals surface area contributed by atoms with E-state index in [2.05, 4.69) is 54.6 Å². The van der Waals surface area contributed by atoms with Crippen LogP contribution in [0.3, 0.4) is 0 Å². The first kappa shape index (κ1) is 27.2. The monoisotopic (exact) mass is 550 g/mol. The normalized spacial score (nSPS) is 10.9. The predicted octanol–water partition coefficient (Wildman–Crippen LogP) is 8.82. The van der Waals surface area contributed by atoms with Crippen LogP contribution in [0.2, 0.25) is 0 Å². The van der Waals surface area contributed by atoms with Crippen molar-refractivity contribution in [3.63, 3.8) is 0 Å². The van der Waals surface area contributed by atoms with Crippen LogP contribution in [0.4, 0.5) is 0 Å². The van der Waals surface area contributed by atoms with Gasteiger partial charge in [0.2, 0.25) is 0 Å². The number of hydrogen-bond acceptors (Lipinski definition) is 5. The van der Waals surface area contributed by atoms with E-state index in [0.29, 0.717) is 5.75 Å². The largest absolute Gasteiger partial charge is 0.482 e. The molecule has 202 valence electrons. The van der Waals surface area contributed by atoms with Gasteiger partial charge in [0.05, 0.1) is 12.5 Å². The zero-order valence-corrected chi connectivity index (χ0v) is 23.5. The third-order valence-corrected chi connectivity index (χ3v) is 7.38. The van der Waals surface area contributed by atoms with Gasteiger partial charge in [-0.25, -0.2) is 4.79 Å². The number of carbonyl (C=O) groups is 1. The van der Waals surface area contributed by atoms with Crippen LogP contribution in [0.15, 0.2) is 111 Å². The van der Waals surface area contributed by atoms with Crippen molar-refractivity contribution in [3.8, 4) is 28.4 Å². The Bertz CT molecular complexity index is 1550. The number of benzene rings is 3. The molecule has 6 heteroatoms. The second kappa shape index (κ2) is 12.2. The Labute approximate surface area is 238 Å². The molecule has 0 atom stereocenters. The summed E-state index contributed by atoms with van der Waals surface area (Å²) in [4.78, 5) is 11.9. The Morgan fingerprint density at radius 2 is 1.35 bits per heavy atom. The summed E-state index contributed by atoms with van der Waals surface area (Å²) in [6.07, 6.45) is 5.77. The lowest BCUT2D eigenvalue weighted by atomic mass is 9.95. The molecule has 0 spiro atoms. The molecule has 0 saturated carbocycles. The highest BCUT2D eigenvalue weighted by Crippen LogP contribution is 2.32. The zero-order valence-electron chi connectivity index (χ0n) is 22.6. The molecule has 0 saturated heterocycles. The van der Waals surface area contributed by atoms with Gasteiger partial charge in [0, 0.05) is 21.8 Å². The molecule has 3 aromatic carbocycles. The standard InChI is InChI=1S/C34H30O5S/c1-22-16-32(37-19-22)27-8-4-25(5-9-27)30(26-6-10-28(11-7-26)33-17-23(2)20-38-33)14-15-40-29-12-13-31(24(3)18-29)39-21-34(35)36/h4-14,16-20H,15,21H2,1-3H3,(H,35,36). The van der Waals surface area contributed by atoms with Crippen LogP contribution in [0.1, 0.15) is 27.8 Å². The van der Waals surface area contributed by atoms with E-state index >= 15 is 0 Å². The minimum Gasteiger partial charge on any atom is -0.482 e. The molecule has 40 heavy (non-hydrogen) atoms. The smallest absolute Gasteiger partial charge is 0.341 e. The van der Waals surface area contributed by atoms with Crippen molar-refractivity contribution in [1.29, 1.82) is 0 Å². The van der Waals surface area contributed by atoms with Crippen molar-refractivity contribution in [2.45, 2.75) is 25.7 Å². The molecule has 0 unspecified atom stereocenters. The van der Waals surface area contributed by atoms with Gasteiger partial charge in [-0.3, -0.25) is 0 Å². The number of aliphatic carboxylic acids is 1. The van der Waals surface area contributed by atoms with Gasteiger partial charge in [-0.05, 0) is 84.5 Å². The molecule has 0 aliphatic rings. The maximum absolute atomic E-state index is 10.8. The molecule has 2 aromatic heterocycles. The van der Waals surface area contributed by atoms with Crippen LogP contribution in [0.25, 0.3) is 28.2 Å². The number of ether oxygens (including phenoxy) is 1. The molecular weight excluding hydrogens is 520 g/mol. The van der Waals surface area contributed by atoms with Gasteiger partial charge in [0.1, 0.15) is 17.3 Å². The van der Waals surface area contributed by atoms with E-state index < -0.39 is 5.97 Å². The van der Waals surface area contributed by atoms with Crippen molar-refractivity contribution < 1.29 is 23.5 Å². The van der Waals surface area contributed by atoms with E-state index in [1.165, 1.54) is 0 Å². The Morgan fingerprint density at radius 3 is 1.80 bits per heavy atom. The van der Waals surface area contributed by atoms with Gasteiger partial charge < -0.3 is 18.7 Å². The molecule has 5 aromatic rings. The summed E-state index contributed by atoms with van der Waals surface area (Å²) in [6.45, 7) is 5.61. The van der Waals surface area contributed by atoms with Crippen LogP contribution in [0.5, 0.6) is 5.75 Å². The van der Waals surface area contributed by atoms with E-state index in [1.807, 2.05) is 51.1 Å². The first-order valence-corrected chi connectivity index (χ1v) is 13.9. The number of aryl methyl sites for hydroxylation is 3. The van der Waals surface area contributed by atoms with Crippen LogP contribution >= 0.6 is 11.8 Å². The molecule has 2 heterocycles. The maximum atomic E-state index is 10.8. The lowest BCUT2D eigenvalue weighted by Crippen LogP contribution is -2.09. The molecule has 0 aliphatic heterocycles. The minimum absolute atomic E-state index is 0.351. The third kappa shape index (κ3) is 6.58. The van der Waals surface area contributed by atoms with E-state index in [4.69, 9.17) is 18.7 Å². The van der Waals surface area contributed by atoms with Gasteiger partial charge >= 0.3 is 5.97 Å². The van der Waals surface area contributed by atoms with E-state index in [-0.39, 0.29) is 6.61 Å². The SMILES string of the molecule is Cc1coc(-c2ccc(C(=CCSc3ccc(OCC(=O)O)c(C)c3)c3ccc(-c4cc(C)co4)cc3)cc2)c1. The van der Waals surface area contributed by atoms with Crippen molar-refractivity contribution in [2.75, 3.05) is 12.4 Å². The van der Waals surface area contributed by atoms with Crippen LogP contribution in [-0.2, 0) is 4.79 Å². The highest BCUT2D eigenvalue weighted by atomic mass is 32.2. The maximum Gasteiger partial charge on any atom is 0.341 e. The second-order valence-electron chi connectivity index (χ2n) is 9.67. The molecule has 5 rings (SSSR count). The van der Waals surface area contributed by atoms with Crippen molar-refractivity contribution >= 4 is 23.3 Å². The predicted molar refractivity (Wildman–Crippen MR) is 160 cm³/mol. The quantitative estimate of drug-likeness (QED) is 0.175. The Kier molecular flexibility index (Phi) is 8.27. The Morgan fingerprint density at radius 1 is 0.800 bits per heavy atom. The summed E-state index contributed by atoms with van der Waals surface area (Å²) in [5.41, 5.74) is 8.54. The summed E-state index contributed by atoms with van der Waals surface area (Å²) in [5.74, 6) is 2.06. The van der Waals surface area contributed by atoms with E-state index in [1.54, 1.807) is 24.3 Å². The minimum atomic E-state index is -0.991. The number of carboxylic acids is 1. The summed E-state index contributed by atoms with van der Waals surface area (Å²) < 4.78 is 16.7. The Hall–Kier alpha value is -4.42. The molecule has 0 aliphatic carbocycles. The summed E-state index contributed by atoms with van der Waals surface area (Å²) in [6, 6.07) is 26.8. The molecule has 0 amide bonds. The first-order valence-electron chi connectivity index (χ1n) is 13.0. The van der Waals surface area contributed by atoms with Gasteiger partial charge in [-0.1, -0.05) is 54.6 Å². The number of hydrogen-bond donors (Lipinski definition) is 1. The van der Waals surface area contributed by atoms with Crippen LogP contribution in [-0.4, -0.2) is 23.4 Å². The highest BCUT2D eigenvalue weighted by Gasteiger charge is 2.10. The Balaban J connectivity index is 1.39. The van der Waals surface area contributed by atoms with E-state index in [0.717, 1.165) is 66.7 Å². The first-order chi connectivity index (χ1) is 19.4. The molecular formula is C34H30O5S. The molecule has 1 N–H and O–H groups in total. The van der Waals surface area contributed by atoms with Gasteiger partial charge in [-0.15, -0.1) is 11.8 Å². The average Bonchev–Trinajstić information content (AvgIpc) is 3.59. The highest BCUT2D eigenvalue weighted by molar-refractivity contribution is 7.99. The third-order valence-electron chi connectivity index (χ3n) is 6.46. The molecule has 0 fully saturated rings. The lowest BCUT2D eigenvalue weighted by molar-refractivity contribution is -0.139. The fraction of sp³-hybridized carbons (Fsp3) is 0.147. The lowest BCUT2D eigenvalue weighted by Gasteiger charge is -2.11. The van der Waals surface area contributed by atoms with Crippen molar-refractivity contribution in [3.05, 3.63) is 125 Å². The molecule has 0 bridgehead atoms. The van der Waals surface area contributed by atoms with Crippen LogP contribution < -0.4 is 4.74 Å². The number of thioether (sulfide) groups is 1. The van der Waals surface area contributed by atoms with Gasteiger partial charge in [0.15, 0.2) is 6.61 Å². The summed E-state index contributed by atoms with van der Waals surface area (Å²) in [5, 5.41) is 8.88. The fourth-order valence-corrected chi connectivity index (χ4v) is 5.30. The van der Waals surface area contributed by atoms with Gasteiger partial charge in [0.25, 0.3) is 0 Å². The summed E-state index contributed by atoms with van der Waals surface area (Å²) >= 11 is 1.71. The van der Waals surface area contributed by atoms with Crippen LogP contribution in [0, 0.1) is 20.8 Å².